The van der Waals surface area contributed by atoms with Crippen molar-refractivity contribution in [3.05, 3.63) is 48.7 Å². The minimum Gasteiger partial charge on any atom is -0.236 e. The van der Waals surface area contributed by atoms with E-state index in [0.717, 1.165) is 22.3 Å². The molecule has 0 fully saturated rings. The maximum absolute atomic E-state index is 4.43. The van der Waals surface area contributed by atoms with E-state index in [9.17, 15) is 0 Å². The molecule has 2 heterocycles. The molecule has 3 rings (SSSR count). The van der Waals surface area contributed by atoms with Crippen LogP contribution in [0.4, 0.5) is 0 Å². The van der Waals surface area contributed by atoms with Crippen molar-refractivity contribution in [1.82, 2.24) is 13.8 Å². The first kappa shape index (κ1) is 9.54. The number of aromatic nitrogens is 3. The van der Waals surface area contributed by atoms with Crippen LogP contribution in [-0.4, -0.2) is 13.8 Å². The second-order valence-corrected chi connectivity index (χ2v) is 4.12. The largest absolute Gasteiger partial charge is 0.236 e. The van der Waals surface area contributed by atoms with E-state index in [0.29, 0.717) is 0 Å². The Bertz CT molecular complexity index is 631. The number of pyridine rings is 1. The van der Waals surface area contributed by atoms with Crippen molar-refractivity contribution in [3.63, 3.8) is 0 Å². The lowest BCUT2D eigenvalue weighted by atomic mass is 10.1. The van der Waals surface area contributed by atoms with Crippen molar-refractivity contribution in [2.45, 2.75) is 0 Å². The van der Waals surface area contributed by atoms with Crippen LogP contribution >= 0.6 is 16.1 Å². The second kappa shape index (κ2) is 3.72. The van der Waals surface area contributed by atoms with Gasteiger partial charge in [0.1, 0.15) is 5.69 Å². The van der Waals surface area contributed by atoms with Crippen molar-refractivity contribution in [2.75, 3.05) is 0 Å². The van der Waals surface area contributed by atoms with Crippen LogP contribution in [0.3, 0.4) is 0 Å². The molecule has 1 aromatic carbocycles. The lowest BCUT2D eigenvalue weighted by molar-refractivity contribution is 1.05. The summed E-state index contributed by atoms with van der Waals surface area (Å²) >= 11 is 3.36. The molecule has 0 saturated heterocycles. The summed E-state index contributed by atoms with van der Waals surface area (Å²) in [7, 11) is 0. The fourth-order valence-electron chi connectivity index (χ4n) is 1.73. The molecule has 0 bridgehead atoms. The van der Waals surface area contributed by atoms with Crippen LogP contribution in [0.5, 0.6) is 0 Å². The molecule has 0 aliphatic rings. The van der Waals surface area contributed by atoms with Crippen LogP contribution in [0.15, 0.2) is 48.7 Å². The highest BCUT2D eigenvalue weighted by atomic mass is 79.9. The van der Waals surface area contributed by atoms with Gasteiger partial charge in [-0.25, -0.2) is 4.98 Å². The second-order valence-electron chi connectivity index (χ2n) is 3.45. The Hall–Kier alpha value is -1.68. The topological polar surface area (TPSA) is 30.7 Å². The third-order valence-electron chi connectivity index (χ3n) is 2.45. The predicted octanol–water partition coefficient (Wildman–Crippen LogP) is 3.26. The number of halogens is 1. The van der Waals surface area contributed by atoms with Crippen LogP contribution in [0.25, 0.3) is 22.3 Å². The Morgan fingerprint density at radius 2 is 1.81 bits per heavy atom. The predicted molar refractivity (Wildman–Crippen MR) is 67.3 cm³/mol. The van der Waals surface area contributed by atoms with Gasteiger partial charge in [0, 0.05) is 17.1 Å². The molecule has 0 N–H and O–H groups in total. The summed E-state index contributed by atoms with van der Waals surface area (Å²) in [6.07, 6.45) is 1.76. The highest BCUT2D eigenvalue weighted by molar-refractivity contribution is 9.08. The van der Waals surface area contributed by atoms with Crippen LogP contribution < -0.4 is 0 Å². The van der Waals surface area contributed by atoms with Crippen LogP contribution in [0.2, 0.25) is 0 Å². The van der Waals surface area contributed by atoms with Crippen molar-refractivity contribution in [2.24, 2.45) is 0 Å². The maximum Gasteiger partial charge on any atom is 0.170 e. The average molecular weight is 274 g/mol. The molecule has 3 aromatic rings. The first-order chi connectivity index (χ1) is 7.86. The maximum atomic E-state index is 4.43. The molecule has 0 saturated carbocycles. The molecular formula is C12H8BrN3. The summed E-state index contributed by atoms with van der Waals surface area (Å²) in [5, 5.41) is 5.48. The van der Waals surface area contributed by atoms with Gasteiger partial charge >= 0.3 is 0 Å². The lowest BCUT2D eigenvalue weighted by Crippen LogP contribution is -1.83. The zero-order chi connectivity index (χ0) is 11.0. The molecule has 3 nitrogen and oxygen atoms in total. The number of hydrogen-bond donors (Lipinski definition) is 0. The quantitative estimate of drug-likeness (QED) is 0.682. The highest BCUT2D eigenvalue weighted by Gasteiger charge is 2.10. The van der Waals surface area contributed by atoms with E-state index in [4.69, 9.17) is 0 Å². The molecule has 4 heteroatoms. The number of fused-ring (bicyclic) bond motifs is 1. The number of rotatable bonds is 1. The molecule has 0 amide bonds. The zero-order valence-corrected chi connectivity index (χ0v) is 9.92. The van der Waals surface area contributed by atoms with E-state index in [2.05, 4.69) is 26.2 Å². The molecule has 2 aromatic heterocycles. The van der Waals surface area contributed by atoms with Crippen molar-refractivity contribution in [3.8, 4) is 11.3 Å². The summed E-state index contributed by atoms with van der Waals surface area (Å²) in [6, 6.07) is 14.0. The minimum absolute atomic E-state index is 0.835. The van der Waals surface area contributed by atoms with Gasteiger partial charge in [-0.15, -0.1) is 0 Å². The van der Waals surface area contributed by atoms with Gasteiger partial charge in [-0.1, -0.05) is 30.3 Å². The standard InChI is InChI=1S/C12H8BrN3/c13-16-12-10(7-4-8-14-12)11(15-16)9-5-2-1-3-6-9/h1-8H. The lowest BCUT2D eigenvalue weighted by Gasteiger charge is -1.95. The molecule has 0 spiro atoms. The van der Waals surface area contributed by atoms with Gasteiger partial charge < -0.3 is 0 Å². The number of benzene rings is 1. The first-order valence-electron chi connectivity index (χ1n) is 4.91. The monoisotopic (exact) mass is 273 g/mol. The summed E-state index contributed by atoms with van der Waals surface area (Å²) in [4.78, 5) is 4.28. The van der Waals surface area contributed by atoms with E-state index >= 15 is 0 Å². The Kier molecular flexibility index (Phi) is 2.22. The van der Waals surface area contributed by atoms with E-state index in [1.54, 1.807) is 9.90 Å². The fraction of sp³-hybridized carbons (Fsp3) is 0. The van der Waals surface area contributed by atoms with Crippen molar-refractivity contribution < 1.29 is 0 Å². The molecule has 0 radical (unpaired) electrons. The molecule has 0 aliphatic carbocycles. The van der Waals surface area contributed by atoms with Crippen LogP contribution in [0.1, 0.15) is 0 Å². The zero-order valence-electron chi connectivity index (χ0n) is 8.34. The molecule has 0 unspecified atom stereocenters. The van der Waals surface area contributed by atoms with Gasteiger partial charge in [0.25, 0.3) is 0 Å². The fourth-order valence-corrected chi connectivity index (χ4v) is 2.17. The van der Waals surface area contributed by atoms with Gasteiger partial charge in [0.15, 0.2) is 5.65 Å². The Morgan fingerprint density at radius 1 is 1.00 bits per heavy atom. The summed E-state index contributed by atoms with van der Waals surface area (Å²) in [5.74, 6) is 0. The van der Waals surface area contributed by atoms with Gasteiger partial charge in [-0.05, 0) is 12.1 Å². The smallest absolute Gasteiger partial charge is 0.170 e. The van der Waals surface area contributed by atoms with Gasteiger partial charge in [-0.2, -0.15) is 8.81 Å². The third kappa shape index (κ3) is 1.42. The van der Waals surface area contributed by atoms with Gasteiger partial charge in [0.05, 0.1) is 16.1 Å². The summed E-state index contributed by atoms with van der Waals surface area (Å²) in [5.41, 5.74) is 2.88. The Labute approximate surface area is 101 Å². The molecule has 16 heavy (non-hydrogen) atoms. The Morgan fingerprint density at radius 3 is 2.62 bits per heavy atom. The molecule has 78 valence electrons. The van der Waals surface area contributed by atoms with Crippen LogP contribution in [0, 0.1) is 0 Å². The average Bonchev–Trinajstić information content (AvgIpc) is 2.69. The van der Waals surface area contributed by atoms with Crippen molar-refractivity contribution in [1.29, 1.82) is 0 Å². The van der Waals surface area contributed by atoms with E-state index < -0.39 is 0 Å². The minimum atomic E-state index is 0.835. The summed E-state index contributed by atoms with van der Waals surface area (Å²) in [6.45, 7) is 0. The van der Waals surface area contributed by atoms with Gasteiger partial charge in [-0.3, -0.25) is 0 Å². The van der Waals surface area contributed by atoms with E-state index in [1.807, 2.05) is 42.5 Å². The number of hydrogen-bond acceptors (Lipinski definition) is 2. The van der Waals surface area contributed by atoms with E-state index in [-0.39, 0.29) is 0 Å². The van der Waals surface area contributed by atoms with Crippen molar-refractivity contribution >= 4 is 27.2 Å². The molecule has 0 aliphatic heterocycles. The summed E-state index contributed by atoms with van der Waals surface area (Å²) < 4.78 is 1.63. The Balaban J connectivity index is 2.33. The molecule has 0 atom stereocenters. The van der Waals surface area contributed by atoms with Crippen LogP contribution in [-0.2, 0) is 0 Å². The normalized spacial score (nSPS) is 10.8. The first-order valence-corrected chi connectivity index (χ1v) is 5.62. The SMILES string of the molecule is Brn1nc(-c2ccccc2)c2cccnc21. The van der Waals surface area contributed by atoms with Gasteiger partial charge in [0.2, 0.25) is 0 Å². The highest BCUT2D eigenvalue weighted by Crippen LogP contribution is 2.27. The third-order valence-corrected chi connectivity index (χ3v) is 2.95. The molecular weight excluding hydrogens is 266 g/mol. The number of nitrogens with zero attached hydrogens (tertiary/aromatic N) is 3. The van der Waals surface area contributed by atoms with E-state index in [1.165, 1.54) is 0 Å².